The van der Waals surface area contributed by atoms with Crippen LogP contribution in [0.1, 0.15) is 36.5 Å². The van der Waals surface area contributed by atoms with Crippen LogP contribution in [0.5, 0.6) is 11.5 Å². The van der Waals surface area contributed by atoms with E-state index in [1.165, 1.54) is 24.5 Å². The Hall–Kier alpha value is -3.53. The molecule has 0 radical (unpaired) electrons. The topological polar surface area (TPSA) is 47.6 Å². The smallest absolute Gasteiger partial charge is 0.248 e. The number of benzene rings is 3. The molecule has 0 saturated carbocycles. The molecule has 0 fully saturated rings. The molecule has 0 spiro atoms. The van der Waals surface area contributed by atoms with Crippen molar-refractivity contribution in [3.05, 3.63) is 95.6 Å². The lowest BCUT2D eigenvalue weighted by atomic mass is 10.1. The minimum absolute atomic E-state index is 0.176. The molecule has 31 heavy (non-hydrogen) atoms. The highest BCUT2D eigenvalue weighted by atomic mass is 16.5. The van der Waals surface area contributed by atoms with Gasteiger partial charge in [0, 0.05) is 11.8 Å². The molecule has 3 rings (SSSR count). The van der Waals surface area contributed by atoms with Gasteiger partial charge in [0.1, 0.15) is 6.61 Å². The Labute approximate surface area is 184 Å². The molecule has 0 heterocycles. The van der Waals surface area contributed by atoms with Crippen molar-refractivity contribution in [2.45, 2.75) is 32.8 Å². The fourth-order valence-corrected chi connectivity index (χ4v) is 3.13. The molecule has 0 aromatic heterocycles. The number of hydrogen-bond acceptors (Lipinski definition) is 3. The van der Waals surface area contributed by atoms with Gasteiger partial charge in [-0.3, -0.25) is 4.79 Å². The number of aryl methyl sites for hydroxylation is 1. The van der Waals surface area contributed by atoms with Crippen molar-refractivity contribution >= 4 is 17.7 Å². The molecule has 0 aliphatic carbocycles. The van der Waals surface area contributed by atoms with E-state index < -0.39 is 0 Å². The molecule has 0 aliphatic rings. The SMILES string of the molecule is CCCCc1ccc(NC(=O)/C=C/c2ccc(OCc3ccccc3)c(OC)c2)cc1. The summed E-state index contributed by atoms with van der Waals surface area (Å²) < 4.78 is 11.3. The molecular formula is C27H29NO3. The van der Waals surface area contributed by atoms with Crippen LogP contribution in [0.4, 0.5) is 5.69 Å². The third kappa shape index (κ3) is 7.03. The van der Waals surface area contributed by atoms with E-state index in [1.54, 1.807) is 13.2 Å². The van der Waals surface area contributed by atoms with Crippen LogP contribution in [0.2, 0.25) is 0 Å². The molecule has 1 amide bonds. The van der Waals surface area contributed by atoms with E-state index in [-0.39, 0.29) is 5.91 Å². The van der Waals surface area contributed by atoms with Crippen LogP contribution >= 0.6 is 0 Å². The van der Waals surface area contributed by atoms with Crippen LogP contribution in [0, 0.1) is 0 Å². The zero-order valence-corrected chi connectivity index (χ0v) is 18.1. The van der Waals surface area contributed by atoms with Gasteiger partial charge in [-0.25, -0.2) is 0 Å². The maximum atomic E-state index is 12.3. The third-order valence-electron chi connectivity index (χ3n) is 4.89. The van der Waals surface area contributed by atoms with Gasteiger partial charge in [0.05, 0.1) is 7.11 Å². The number of ether oxygens (including phenoxy) is 2. The summed E-state index contributed by atoms with van der Waals surface area (Å²) in [6, 6.07) is 23.6. The van der Waals surface area contributed by atoms with Crippen molar-refractivity contribution in [3.63, 3.8) is 0 Å². The molecular weight excluding hydrogens is 386 g/mol. The number of nitrogens with one attached hydrogen (secondary N) is 1. The Morgan fingerprint density at radius 3 is 2.42 bits per heavy atom. The predicted octanol–water partition coefficient (Wildman–Crippen LogP) is 6.27. The number of methoxy groups -OCH3 is 1. The van der Waals surface area contributed by atoms with E-state index in [9.17, 15) is 4.79 Å². The van der Waals surface area contributed by atoms with Gasteiger partial charge in [-0.1, -0.05) is 61.9 Å². The number of carbonyl (C=O) groups excluding carboxylic acids is 1. The van der Waals surface area contributed by atoms with Crippen molar-refractivity contribution in [3.8, 4) is 11.5 Å². The Morgan fingerprint density at radius 1 is 0.935 bits per heavy atom. The Kier molecular flexibility index (Phi) is 8.29. The zero-order chi connectivity index (χ0) is 21.9. The quantitative estimate of drug-likeness (QED) is 0.397. The van der Waals surface area contributed by atoms with E-state index in [2.05, 4.69) is 24.4 Å². The summed E-state index contributed by atoms with van der Waals surface area (Å²) in [4.78, 5) is 12.3. The van der Waals surface area contributed by atoms with Gasteiger partial charge in [0.15, 0.2) is 11.5 Å². The largest absolute Gasteiger partial charge is 0.493 e. The van der Waals surface area contributed by atoms with Gasteiger partial charge in [0.2, 0.25) is 5.91 Å². The average Bonchev–Trinajstić information content (AvgIpc) is 2.82. The molecule has 3 aromatic carbocycles. The van der Waals surface area contributed by atoms with E-state index in [0.717, 1.165) is 23.2 Å². The van der Waals surface area contributed by atoms with Gasteiger partial charge in [0.25, 0.3) is 0 Å². The first-order chi connectivity index (χ1) is 15.2. The second kappa shape index (κ2) is 11.6. The monoisotopic (exact) mass is 415 g/mol. The Morgan fingerprint density at radius 2 is 1.71 bits per heavy atom. The van der Waals surface area contributed by atoms with Crippen LogP contribution in [0.15, 0.2) is 78.9 Å². The predicted molar refractivity (Wildman–Crippen MR) is 126 cm³/mol. The van der Waals surface area contributed by atoms with Gasteiger partial charge < -0.3 is 14.8 Å². The van der Waals surface area contributed by atoms with E-state index >= 15 is 0 Å². The molecule has 4 heteroatoms. The van der Waals surface area contributed by atoms with Crippen molar-refractivity contribution < 1.29 is 14.3 Å². The van der Waals surface area contributed by atoms with Gasteiger partial charge in [-0.15, -0.1) is 0 Å². The molecule has 4 nitrogen and oxygen atoms in total. The molecule has 160 valence electrons. The number of anilines is 1. The summed E-state index contributed by atoms with van der Waals surface area (Å²) in [5.41, 5.74) is 4.02. The summed E-state index contributed by atoms with van der Waals surface area (Å²) in [5.74, 6) is 1.11. The van der Waals surface area contributed by atoms with Gasteiger partial charge in [-0.2, -0.15) is 0 Å². The second-order valence-electron chi connectivity index (χ2n) is 7.31. The second-order valence-corrected chi connectivity index (χ2v) is 7.31. The number of carbonyl (C=O) groups is 1. The zero-order valence-electron chi connectivity index (χ0n) is 18.1. The Balaban J connectivity index is 1.57. The number of hydrogen-bond donors (Lipinski definition) is 1. The molecule has 1 N–H and O–H groups in total. The normalized spacial score (nSPS) is 10.8. The Bertz CT molecular complexity index is 995. The first-order valence-electron chi connectivity index (χ1n) is 10.6. The molecule has 0 saturated heterocycles. The molecule has 0 aliphatic heterocycles. The fraction of sp³-hybridized carbons (Fsp3) is 0.222. The molecule has 0 atom stereocenters. The fourth-order valence-electron chi connectivity index (χ4n) is 3.13. The minimum Gasteiger partial charge on any atom is -0.493 e. The van der Waals surface area contributed by atoms with Gasteiger partial charge in [-0.05, 0) is 59.9 Å². The molecule has 0 bridgehead atoms. The van der Waals surface area contributed by atoms with Crippen molar-refractivity contribution in [1.82, 2.24) is 0 Å². The average molecular weight is 416 g/mol. The third-order valence-corrected chi connectivity index (χ3v) is 4.89. The lowest BCUT2D eigenvalue weighted by Crippen LogP contribution is -2.07. The van der Waals surface area contributed by atoms with Crippen molar-refractivity contribution in [2.75, 3.05) is 12.4 Å². The van der Waals surface area contributed by atoms with Crippen LogP contribution in [0.25, 0.3) is 6.08 Å². The number of unbranched alkanes of at least 4 members (excludes halogenated alkanes) is 1. The first kappa shape index (κ1) is 22.2. The van der Waals surface area contributed by atoms with E-state index in [4.69, 9.17) is 9.47 Å². The van der Waals surface area contributed by atoms with Crippen LogP contribution in [0.3, 0.4) is 0 Å². The highest BCUT2D eigenvalue weighted by molar-refractivity contribution is 6.01. The van der Waals surface area contributed by atoms with Crippen molar-refractivity contribution in [1.29, 1.82) is 0 Å². The molecule has 0 unspecified atom stereocenters. The van der Waals surface area contributed by atoms with Crippen molar-refractivity contribution in [2.24, 2.45) is 0 Å². The summed E-state index contributed by atoms with van der Waals surface area (Å²) in [7, 11) is 1.61. The standard InChI is InChI=1S/C27H29NO3/c1-3-4-8-21-11-15-24(16-12-21)28-27(29)18-14-22-13-17-25(26(19-22)30-2)31-20-23-9-6-5-7-10-23/h5-7,9-19H,3-4,8,20H2,1-2H3,(H,28,29)/b18-14+. The maximum Gasteiger partial charge on any atom is 0.248 e. The lowest BCUT2D eigenvalue weighted by molar-refractivity contribution is -0.111. The van der Waals surface area contributed by atoms with Crippen LogP contribution in [-0.2, 0) is 17.8 Å². The summed E-state index contributed by atoms with van der Waals surface area (Å²) in [5, 5.41) is 2.89. The first-order valence-corrected chi connectivity index (χ1v) is 10.6. The van der Waals surface area contributed by atoms with E-state index in [1.807, 2.05) is 60.7 Å². The van der Waals surface area contributed by atoms with Gasteiger partial charge >= 0.3 is 0 Å². The summed E-state index contributed by atoms with van der Waals surface area (Å²) in [6.07, 6.45) is 6.69. The maximum absolute atomic E-state index is 12.3. The van der Waals surface area contributed by atoms with Crippen LogP contribution < -0.4 is 14.8 Å². The highest BCUT2D eigenvalue weighted by Gasteiger charge is 2.06. The molecule has 3 aromatic rings. The van der Waals surface area contributed by atoms with Crippen LogP contribution in [-0.4, -0.2) is 13.0 Å². The number of rotatable bonds is 10. The van der Waals surface area contributed by atoms with E-state index in [0.29, 0.717) is 18.1 Å². The summed E-state index contributed by atoms with van der Waals surface area (Å²) >= 11 is 0. The highest BCUT2D eigenvalue weighted by Crippen LogP contribution is 2.29. The summed E-state index contributed by atoms with van der Waals surface area (Å²) in [6.45, 7) is 2.65. The lowest BCUT2D eigenvalue weighted by Gasteiger charge is -2.11. The number of amides is 1. The minimum atomic E-state index is -0.176.